The van der Waals surface area contributed by atoms with Gasteiger partial charge >= 0.3 is 17.9 Å². The molecule has 0 saturated heterocycles. The molecule has 0 N–H and O–H groups in total. The summed E-state index contributed by atoms with van der Waals surface area (Å²) in [5, 5.41) is 0. The molecular weight excluding hydrogens is 697 g/mol. The number of esters is 3. The number of ether oxygens (including phenoxy) is 3. The first-order valence-corrected chi connectivity index (χ1v) is 24.9. The second-order valence-corrected chi connectivity index (χ2v) is 17.3. The van der Waals surface area contributed by atoms with Crippen molar-refractivity contribution in [3.8, 4) is 0 Å². The van der Waals surface area contributed by atoms with Crippen LogP contribution in [0.4, 0.5) is 0 Å². The topological polar surface area (TPSA) is 78.9 Å². The van der Waals surface area contributed by atoms with E-state index < -0.39 is 6.10 Å². The molecule has 0 amide bonds. The molecule has 0 heterocycles. The van der Waals surface area contributed by atoms with Crippen molar-refractivity contribution >= 4 is 17.9 Å². The minimum atomic E-state index is -0.760. The lowest BCUT2D eigenvalue weighted by Gasteiger charge is -2.18. The maximum Gasteiger partial charge on any atom is 0.306 e. The van der Waals surface area contributed by atoms with Gasteiger partial charge in [0.2, 0.25) is 0 Å². The number of carbonyl (C=O) groups is 3. The van der Waals surface area contributed by atoms with Gasteiger partial charge in [-0.1, -0.05) is 240 Å². The summed E-state index contributed by atoms with van der Waals surface area (Å²) in [5.41, 5.74) is 0. The average molecular weight is 793 g/mol. The molecule has 0 rings (SSSR count). The van der Waals surface area contributed by atoms with Crippen LogP contribution in [-0.4, -0.2) is 37.2 Å². The molecule has 56 heavy (non-hydrogen) atoms. The Balaban J connectivity index is 4.19. The van der Waals surface area contributed by atoms with Crippen LogP contribution in [0.3, 0.4) is 0 Å². The van der Waals surface area contributed by atoms with Crippen LogP contribution in [0.15, 0.2) is 0 Å². The van der Waals surface area contributed by atoms with Gasteiger partial charge in [0, 0.05) is 19.3 Å². The van der Waals surface area contributed by atoms with E-state index in [0.29, 0.717) is 19.3 Å². The summed E-state index contributed by atoms with van der Waals surface area (Å²) >= 11 is 0. The molecule has 0 aliphatic heterocycles. The van der Waals surface area contributed by atoms with Crippen LogP contribution in [0.25, 0.3) is 0 Å². The molecule has 0 bridgehead atoms. The van der Waals surface area contributed by atoms with Crippen molar-refractivity contribution in [1.29, 1.82) is 0 Å². The fraction of sp³-hybridized carbons (Fsp3) is 0.940. The number of unbranched alkanes of at least 4 members (excludes halogenated alkanes) is 31. The van der Waals surface area contributed by atoms with Crippen LogP contribution in [0.2, 0.25) is 0 Å². The Labute approximate surface area is 348 Å². The van der Waals surface area contributed by atoms with E-state index in [0.717, 1.165) is 63.7 Å². The number of carbonyl (C=O) groups excluding carboxylic acids is 3. The first-order chi connectivity index (χ1) is 27.4. The van der Waals surface area contributed by atoms with E-state index in [9.17, 15) is 14.4 Å². The molecule has 0 aromatic heterocycles. The number of hydrogen-bond donors (Lipinski definition) is 0. The predicted molar refractivity (Wildman–Crippen MR) is 238 cm³/mol. The molecule has 6 nitrogen and oxygen atoms in total. The highest BCUT2D eigenvalue weighted by Gasteiger charge is 2.19. The normalized spacial score (nSPS) is 12.4. The average Bonchev–Trinajstić information content (AvgIpc) is 3.19. The third-order valence-electron chi connectivity index (χ3n) is 11.7. The molecule has 332 valence electrons. The smallest absolute Gasteiger partial charge is 0.306 e. The zero-order valence-corrected chi connectivity index (χ0v) is 38.1. The summed E-state index contributed by atoms with van der Waals surface area (Å²) < 4.78 is 16.7. The van der Waals surface area contributed by atoms with E-state index >= 15 is 0 Å². The van der Waals surface area contributed by atoms with E-state index in [4.69, 9.17) is 14.2 Å². The molecule has 0 aliphatic rings. The SMILES string of the molecule is CCCCCCCCCCCCCCCCCCCCCC(=O)OC[C@H](COC(=O)CCCCCCCCC(C)CC)OC(=O)CCCCCCCCCCC. The highest BCUT2D eigenvalue weighted by atomic mass is 16.6. The summed E-state index contributed by atoms with van der Waals surface area (Å²) in [7, 11) is 0. The van der Waals surface area contributed by atoms with Crippen LogP contribution >= 0.6 is 0 Å². The molecule has 1 unspecified atom stereocenters. The molecule has 0 radical (unpaired) electrons. The van der Waals surface area contributed by atoms with Crippen molar-refractivity contribution in [2.45, 2.75) is 284 Å². The van der Waals surface area contributed by atoms with Gasteiger partial charge in [-0.15, -0.1) is 0 Å². The van der Waals surface area contributed by atoms with Gasteiger partial charge in [0.05, 0.1) is 0 Å². The molecule has 2 atom stereocenters. The Hall–Kier alpha value is -1.59. The van der Waals surface area contributed by atoms with E-state index in [-0.39, 0.29) is 31.1 Å². The van der Waals surface area contributed by atoms with Crippen molar-refractivity contribution in [1.82, 2.24) is 0 Å². The molecule has 0 spiro atoms. The second-order valence-electron chi connectivity index (χ2n) is 17.3. The third-order valence-corrected chi connectivity index (χ3v) is 11.7. The monoisotopic (exact) mass is 793 g/mol. The van der Waals surface area contributed by atoms with Crippen molar-refractivity contribution in [3.63, 3.8) is 0 Å². The first kappa shape index (κ1) is 54.4. The summed E-state index contributed by atoms with van der Waals surface area (Å²) in [4.78, 5) is 37.7. The standard InChI is InChI=1S/C50H96O6/c1-5-8-10-12-14-16-17-18-19-20-21-22-23-24-25-27-28-33-37-41-48(51)54-44-47(56-50(53)43-39-35-29-26-15-13-11-9-6-2)45-55-49(52)42-38-34-31-30-32-36-40-46(4)7-3/h46-47H,5-45H2,1-4H3/t46?,47-/m1/s1. The summed E-state index contributed by atoms with van der Waals surface area (Å²) in [5.74, 6) is -0.0404. The Kier molecular flexibility index (Phi) is 43.2. The van der Waals surface area contributed by atoms with Gasteiger partial charge in [0.1, 0.15) is 13.2 Å². The fourth-order valence-electron chi connectivity index (χ4n) is 7.48. The van der Waals surface area contributed by atoms with Crippen LogP contribution in [0.5, 0.6) is 0 Å². The van der Waals surface area contributed by atoms with Gasteiger partial charge in [-0.3, -0.25) is 14.4 Å². The van der Waals surface area contributed by atoms with Crippen molar-refractivity contribution in [3.05, 3.63) is 0 Å². The highest BCUT2D eigenvalue weighted by molar-refractivity contribution is 5.71. The van der Waals surface area contributed by atoms with Crippen LogP contribution in [0, 0.1) is 5.92 Å². The summed E-state index contributed by atoms with van der Waals surface area (Å²) in [6, 6.07) is 0. The molecular formula is C50H96O6. The van der Waals surface area contributed by atoms with Crippen molar-refractivity contribution in [2.24, 2.45) is 5.92 Å². The number of hydrogen-bond acceptors (Lipinski definition) is 6. The summed E-state index contributed by atoms with van der Waals surface area (Å²) in [6.07, 6.45) is 45.3. The molecule has 0 aliphatic carbocycles. The third kappa shape index (κ3) is 42.0. The fourth-order valence-corrected chi connectivity index (χ4v) is 7.48. The highest BCUT2D eigenvalue weighted by Crippen LogP contribution is 2.17. The zero-order valence-electron chi connectivity index (χ0n) is 38.1. The lowest BCUT2D eigenvalue weighted by atomic mass is 10.00. The van der Waals surface area contributed by atoms with Gasteiger partial charge in [-0.05, 0) is 25.2 Å². The van der Waals surface area contributed by atoms with Crippen LogP contribution in [-0.2, 0) is 28.6 Å². The Bertz CT molecular complexity index is 843. The second kappa shape index (κ2) is 44.5. The molecule has 0 saturated carbocycles. The maximum atomic E-state index is 12.7. The minimum absolute atomic E-state index is 0.0641. The van der Waals surface area contributed by atoms with Crippen molar-refractivity contribution in [2.75, 3.05) is 13.2 Å². The molecule has 0 aromatic rings. The van der Waals surface area contributed by atoms with Gasteiger partial charge in [-0.25, -0.2) is 0 Å². The van der Waals surface area contributed by atoms with Crippen LogP contribution in [0.1, 0.15) is 278 Å². The molecule has 0 aromatic carbocycles. The van der Waals surface area contributed by atoms with E-state index in [1.807, 2.05) is 0 Å². The number of rotatable bonds is 45. The quantitative estimate of drug-likeness (QED) is 0.0347. The minimum Gasteiger partial charge on any atom is -0.462 e. The Morgan fingerprint density at radius 3 is 0.929 bits per heavy atom. The zero-order chi connectivity index (χ0) is 41.0. The van der Waals surface area contributed by atoms with E-state index in [1.165, 1.54) is 173 Å². The molecule has 0 fully saturated rings. The lowest BCUT2D eigenvalue weighted by Crippen LogP contribution is -2.30. The molecule has 6 heteroatoms. The Morgan fingerprint density at radius 2 is 0.625 bits per heavy atom. The van der Waals surface area contributed by atoms with Gasteiger partial charge in [0.25, 0.3) is 0 Å². The Morgan fingerprint density at radius 1 is 0.357 bits per heavy atom. The maximum absolute atomic E-state index is 12.7. The van der Waals surface area contributed by atoms with Gasteiger partial charge in [0.15, 0.2) is 6.10 Å². The first-order valence-electron chi connectivity index (χ1n) is 24.9. The van der Waals surface area contributed by atoms with Gasteiger partial charge in [-0.2, -0.15) is 0 Å². The largest absolute Gasteiger partial charge is 0.462 e. The van der Waals surface area contributed by atoms with E-state index in [1.54, 1.807) is 0 Å². The van der Waals surface area contributed by atoms with Crippen LogP contribution < -0.4 is 0 Å². The summed E-state index contributed by atoms with van der Waals surface area (Å²) in [6.45, 7) is 8.97. The van der Waals surface area contributed by atoms with E-state index in [2.05, 4.69) is 27.7 Å². The van der Waals surface area contributed by atoms with Crippen molar-refractivity contribution < 1.29 is 28.6 Å². The van der Waals surface area contributed by atoms with Gasteiger partial charge < -0.3 is 14.2 Å². The lowest BCUT2D eigenvalue weighted by molar-refractivity contribution is -0.167. The predicted octanol–water partition coefficient (Wildman–Crippen LogP) is 15.9.